The Kier molecular flexibility index (Phi) is 5.50. The van der Waals surface area contributed by atoms with Crippen molar-refractivity contribution in [1.29, 1.82) is 5.26 Å². The standard InChI is InChI=1S/C23H15N3O3S/c1-28-20-13-15(6-7-19(20)29-23(27)16-8-10-25-11-9-16)12-17(14-24)22-26-18-4-2-3-5-21(18)30-22/h2-13H,1H3/b17-12+. The smallest absolute Gasteiger partial charge is 0.343 e. The predicted octanol–water partition coefficient (Wildman–Crippen LogP) is 4.98. The van der Waals surface area contributed by atoms with Crippen LogP contribution in [0, 0.1) is 11.3 Å². The Morgan fingerprint density at radius 3 is 2.63 bits per heavy atom. The van der Waals surface area contributed by atoms with Crippen molar-refractivity contribution >= 4 is 39.2 Å². The highest BCUT2D eigenvalue weighted by Gasteiger charge is 2.14. The van der Waals surface area contributed by atoms with Crippen LogP contribution in [0.1, 0.15) is 20.9 Å². The number of nitrogens with zero attached hydrogens (tertiary/aromatic N) is 3. The summed E-state index contributed by atoms with van der Waals surface area (Å²) in [6, 6.07) is 18.2. The van der Waals surface area contributed by atoms with Crippen LogP contribution >= 0.6 is 11.3 Å². The van der Waals surface area contributed by atoms with Crippen molar-refractivity contribution in [2.45, 2.75) is 0 Å². The average Bonchev–Trinajstić information content (AvgIpc) is 3.22. The first-order chi connectivity index (χ1) is 14.7. The highest BCUT2D eigenvalue weighted by atomic mass is 32.1. The largest absolute Gasteiger partial charge is 0.493 e. The van der Waals surface area contributed by atoms with Gasteiger partial charge in [0.2, 0.25) is 0 Å². The van der Waals surface area contributed by atoms with Crippen LogP contribution in [0.4, 0.5) is 0 Å². The molecule has 7 heteroatoms. The van der Waals surface area contributed by atoms with Crippen LogP contribution in [0.2, 0.25) is 0 Å². The molecule has 2 aromatic heterocycles. The number of hydrogen-bond donors (Lipinski definition) is 0. The van der Waals surface area contributed by atoms with Gasteiger partial charge in [0, 0.05) is 12.4 Å². The van der Waals surface area contributed by atoms with Crippen LogP contribution in [0.25, 0.3) is 21.9 Å². The number of pyridine rings is 1. The minimum atomic E-state index is -0.508. The zero-order valence-corrected chi connectivity index (χ0v) is 16.7. The number of para-hydroxylation sites is 1. The number of nitriles is 1. The Bertz CT molecular complexity index is 1260. The molecule has 146 valence electrons. The van der Waals surface area contributed by atoms with E-state index < -0.39 is 5.97 Å². The summed E-state index contributed by atoms with van der Waals surface area (Å²) in [6.07, 6.45) is 4.77. The third kappa shape index (κ3) is 4.04. The van der Waals surface area contributed by atoms with Crippen molar-refractivity contribution in [3.63, 3.8) is 0 Å². The average molecular weight is 413 g/mol. The molecule has 2 aromatic carbocycles. The molecule has 0 bridgehead atoms. The van der Waals surface area contributed by atoms with Gasteiger partial charge in [-0.3, -0.25) is 4.98 Å². The number of esters is 1. The lowest BCUT2D eigenvalue weighted by Gasteiger charge is -2.10. The molecule has 0 saturated heterocycles. The van der Waals surface area contributed by atoms with Gasteiger partial charge in [0.05, 0.1) is 28.5 Å². The highest BCUT2D eigenvalue weighted by Crippen LogP contribution is 2.32. The van der Waals surface area contributed by atoms with Gasteiger partial charge in [-0.1, -0.05) is 18.2 Å². The summed E-state index contributed by atoms with van der Waals surface area (Å²) < 4.78 is 11.8. The van der Waals surface area contributed by atoms with Crippen molar-refractivity contribution < 1.29 is 14.3 Å². The van der Waals surface area contributed by atoms with Gasteiger partial charge in [-0.25, -0.2) is 9.78 Å². The maximum Gasteiger partial charge on any atom is 0.343 e. The molecule has 30 heavy (non-hydrogen) atoms. The first kappa shape index (κ1) is 19.3. The van der Waals surface area contributed by atoms with E-state index in [1.165, 1.54) is 30.8 Å². The molecule has 0 atom stereocenters. The molecule has 0 aliphatic rings. The van der Waals surface area contributed by atoms with Crippen LogP contribution in [0.5, 0.6) is 11.5 Å². The van der Waals surface area contributed by atoms with E-state index in [9.17, 15) is 10.1 Å². The molecule has 0 fully saturated rings. The third-order valence-electron chi connectivity index (χ3n) is 4.26. The number of benzene rings is 2. The number of carbonyl (C=O) groups excluding carboxylic acids is 1. The summed E-state index contributed by atoms with van der Waals surface area (Å²) in [7, 11) is 1.49. The van der Waals surface area contributed by atoms with Gasteiger partial charge in [-0.2, -0.15) is 5.26 Å². The van der Waals surface area contributed by atoms with Crippen LogP contribution in [0.15, 0.2) is 67.0 Å². The maximum absolute atomic E-state index is 12.3. The van der Waals surface area contributed by atoms with Gasteiger partial charge in [0.25, 0.3) is 0 Å². The topological polar surface area (TPSA) is 85.1 Å². The maximum atomic E-state index is 12.3. The Morgan fingerprint density at radius 1 is 1.10 bits per heavy atom. The van der Waals surface area contributed by atoms with Crippen molar-refractivity contribution in [2.75, 3.05) is 7.11 Å². The van der Waals surface area contributed by atoms with Crippen molar-refractivity contribution in [1.82, 2.24) is 9.97 Å². The molecule has 2 heterocycles. The fourth-order valence-corrected chi connectivity index (χ4v) is 3.73. The van der Waals surface area contributed by atoms with E-state index in [1.54, 1.807) is 36.4 Å². The number of allylic oxidation sites excluding steroid dienone is 1. The minimum absolute atomic E-state index is 0.287. The lowest BCUT2D eigenvalue weighted by Crippen LogP contribution is -2.09. The van der Waals surface area contributed by atoms with E-state index >= 15 is 0 Å². The van der Waals surface area contributed by atoms with Gasteiger partial charge >= 0.3 is 5.97 Å². The number of hydrogen-bond acceptors (Lipinski definition) is 7. The zero-order valence-electron chi connectivity index (χ0n) is 15.9. The van der Waals surface area contributed by atoms with Crippen LogP contribution in [-0.4, -0.2) is 23.0 Å². The minimum Gasteiger partial charge on any atom is -0.493 e. The Balaban J connectivity index is 1.63. The number of thiazole rings is 1. The number of methoxy groups -OCH3 is 1. The Hall–Kier alpha value is -4.02. The van der Waals surface area contributed by atoms with Gasteiger partial charge in [-0.05, 0) is 48.0 Å². The normalized spacial score (nSPS) is 11.1. The molecule has 0 saturated carbocycles. The molecule has 0 aliphatic heterocycles. The SMILES string of the molecule is COc1cc(/C=C(\C#N)c2nc3ccccc3s2)ccc1OC(=O)c1ccncc1. The quantitative estimate of drug-likeness (QED) is 0.260. The van der Waals surface area contributed by atoms with Crippen molar-refractivity contribution in [3.05, 3.63) is 83.1 Å². The molecule has 0 N–H and O–H groups in total. The summed E-state index contributed by atoms with van der Waals surface area (Å²) in [5.41, 5.74) is 2.42. The summed E-state index contributed by atoms with van der Waals surface area (Å²) in [5, 5.41) is 10.3. The number of rotatable bonds is 5. The zero-order chi connectivity index (χ0) is 20.9. The molecule has 0 amide bonds. The van der Waals surface area contributed by atoms with E-state index in [0.29, 0.717) is 21.9 Å². The summed E-state index contributed by atoms with van der Waals surface area (Å²) in [6.45, 7) is 0. The fraction of sp³-hybridized carbons (Fsp3) is 0.0435. The number of aromatic nitrogens is 2. The molecule has 0 spiro atoms. The molecular weight excluding hydrogens is 398 g/mol. The van der Waals surface area contributed by atoms with Gasteiger partial charge in [-0.15, -0.1) is 11.3 Å². The monoisotopic (exact) mass is 413 g/mol. The lowest BCUT2D eigenvalue weighted by molar-refractivity contribution is 0.0729. The van der Waals surface area contributed by atoms with Gasteiger partial charge in [0.1, 0.15) is 11.1 Å². The number of fused-ring (bicyclic) bond motifs is 1. The van der Waals surface area contributed by atoms with Crippen molar-refractivity contribution in [3.8, 4) is 17.6 Å². The van der Waals surface area contributed by atoms with E-state index in [4.69, 9.17) is 9.47 Å². The molecule has 0 radical (unpaired) electrons. The van der Waals surface area contributed by atoms with Gasteiger partial charge < -0.3 is 9.47 Å². The lowest BCUT2D eigenvalue weighted by atomic mass is 10.1. The second kappa shape index (κ2) is 8.55. The highest BCUT2D eigenvalue weighted by molar-refractivity contribution is 7.19. The molecular formula is C23H15N3O3S. The van der Waals surface area contributed by atoms with Crippen LogP contribution in [0.3, 0.4) is 0 Å². The first-order valence-electron chi connectivity index (χ1n) is 8.96. The molecule has 4 aromatic rings. The molecule has 0 unspecified atom stereocenters. The second-order valence-corrected chi connectivity index (χ2v) is 7.22. The van der Waals surface area contributed by atoms with E-state index in [-0.39, 0.29) is 5.75 Å². The van der Waals surface area contributed by atoms with Crippen LogP contribution in [-0.2, 0) is 0 Å². The number of carbonyl (C=O) groups is 1. The molecule has 0 aliphatic carbocycles. The third-order valence-corrected chi connectivity index (χ3v) is 5.33. The summed E-state index contributed by atoms with van der Waals surface area (Å²) in [5.74, 6) is 0.161. The Morgan fingerprint density at radius 2 is 1.90 bits per heavy atom. The molecule has 6 nitrogen and oxygen atoms in total. The predicted molar refractivity (Wildman–Crippen MR) is 115 cm³/mol. The molecule has 4 rings (SSSR count). The summed E-state index contributed by atoms with van der Waals surface area (Å²) >= 11 is 1.46. The van der Waals surface area contributed by atoms with E-state index in [1.807, 2.05) is 24.3 Å². The van der Waals surface area contributed by atoms with Gasteiger partial charge in [0.15, 0.2) is 11.5 Å². The van der Waals surface area contributed by atoms with E-state index in [2.05, 4.69) is 16.0 Å². The number of ether oxygens (including phenoxy) is 2. The summed E-state index contributed by atoms with van der Waals surface area (Å²) in [4.78, 5) is 20.7. The van der Waals surface area contributed by atoms with Crippen LogP contribution < -0.4 is 9.47 Å². The van der Waals surface area contributed by atoms with E-state index in [0.717, 1.165) is 15.8 Å². The first-order valence-corrected chi connectivity index (χ1v) is 9.77. The van der Waals surface area contributed by atoms with Crippen molar-refractivity contribution in [2.24, 2.45) is 0 Å². The fourth-order valence-electron chi connectivity index (χ4n) is 2.80. The second-order valence-electron chi connectivity index (χ2n) is 6.19. The Labute approximate surface area is 176 Å².